The summed E-state index contributed by atoms with van der Waals surface area (Å²) in [5.41, 5.74) is -2.64. The molecule has 8 heteroatoms. The molecule has 3 aromatic rings. The average Bonchev–Trinajstić information content (AvgIpc) is 2.54. The van der Waals surface area contributed by atoms with Crippen molar-refractivity contribution in [3.05, 3.63) is 55.2 Å². The predicted molar refractivity (Wildman–Crippen MR) is 87.5 cm³/mol. The lowest BCUT2D eigenvalue weighted by atomic mass is 10.1. The summed E-state index contributed by atoms with van der Waals surface area (Å²) in [6.45, 7) is 2.35. The standard InChI is InChI=1S/C16H14N2O6/c1-2-3-8-17-10-7-5-4-6-9(10)14-11(15(17)20)13(19)12(18(22)23)16(21)24-14/h4-7,19H,2-3,8H2,1H3. The van der Waals surface area contributed by atoms with E-state index in [1.54, 1.807) is 24.3 Å². The zero-order valence-corrected chi connectivity index (χ0v) is 12.8. The number of benzene rings is 1. The zero-order chi connectivity index (χ0) is 17.4. The zero-order valence-electron chi connectivity index (χ0n) is 12.8. The van der Waals surface area contributed by atoms with Gasteiger partial charge in [0.1, 0.15) is 5.39 Å². The number of para-hydroxylation sites is 1. The highest BCUT2D eigenvalue weighted by molar-refractivity contribution is 6.04. The molecule has 0 aliphatic heterocycles. The third-order valence-corrected chi connectivity index (χ3v) is 3.89. The summed E-state index contributed by atoms with van der Waals surface area (Å²) >= 11 is 0. The fraction of sp³-hybridized carbons (Fsp3) is 0.250. The second kappa shape index (κ2) is 5.80. The molecule has 0 aliphatic rings. The van der Waals surface area contributed by atoms with Crippen LogP contribution in [0.4, 0.5) is 5.69 Å². The van der Waals surface area contributed by atoms with E-state index in [0.717, 1.165) is 12.8 Å². The Morgan fingerprint density at radius 3 is 2.67 bits per heavy atom. The fourth-order valence-corrected chi connectivity index (χ4v) is 2.75. The minimum Gasteiger partial charge on any atom is -0.501 e. The van der Waals surface area contributed by atoms with E-state index in [-0.39, 0.29) is 11.0 Å². The van der Waals surface area contributed by atoms with Crippen molar-refractivity contribution in [2.24, 2.45) is 0 Å². The molecule has 1 aromatic carbocycles. The summed E-state index contributed by atoms with van der Waals surface area (Å²) < 4.78 is 6.45. The molecule has 0 bridgehead atoms. The van der Waals surface area contributed by atoms with Crippen LogP contribution in [0.1, 0.15) is 19.8 Å². The van der Waals surface area contributed by atoms with Gasteiger partial charge in [0.15, 0.2) is 5.58 Å². The van der Waals surface area contributed by atoms with Gasteiger partial charge < -0.3 is 14.1 Å². The van der Waals surface area contributed by atoms with Gasteiger partial charge in [-0.15, -0.1) is 0 Å². The van der Waals surface area contributed by atoms with Crippen molar-refractivity contribution in [1.82, 2.24) is 4.57 Å². The Balaban J connectivity index is 2.57. The first-order valence-electron chi connectivity index (χ1n) is 7.43. The van der Waals surface area contributed by atoms with Crippen LogP contribution in [-0.4, -0.2) is 14.6 Å². The second-order valence-corrected chi connectivity index (χ2v) is 5.38. The minimum atomic E-state index is -1.29. The Hall–Kier alpha value is -3.16. The van der Waals surface area contributed by atoms with Crippen molar-refractivity contribution in [1.29, 1.82) is 0 Å². The van der Waals surface area contributed by atoms with Crippen LogP contribution >= 0.6 is 0 Å². The van der Waals surface area contributed by atoms with Crippen molar-refractivity contribution in [2.75, 3.05) is 0 Å². The van der Waals surface area contributed by atoms with Crippen molar-refractivity contribution in [3.8, 4) is 5.75 Å². The van der Waals surface area contributed by atoms with Gasteiger partial charge in [0.2, 0.25) is 5.75 Å². The maximum atomic E-state index is 12.8. The number of fused-ring (bicyclic) bond motifs is 3. The summed E-state index contributed by atoms with van der Waals surface area (Å²) in [5, 5.41) is 21.3. The summed E-state index contributed by atoms with van der Waals surface area (Å²) in [7, 11) is 0. The Bertz CT molecular complexity index is 1080. The van der Waals surface area contributed by atoms with Crippen LogP contribution in [-0.2, 0) is 6.54 Å². The molecule has 0 amide bonds. The van der Waals surface area contributed by atoms with Crippen molar-refractivity contribution in [3.63, 3.8) is 0 Å². The number of aryl methyl sites for hydroxylation is 1. The van der Waals surface area contributed by atoms with Gasteiger partial charge in [-0.2, -0.15) is 0 Å². The first kappa shape index (κ1) is 15.7. The third-order valence-electron chi connectivity index (χ3n) is 3.89. The number of hydrogen-bond acceptors (Lipinski definition) is 6. The average molecular weight is 330 g/mol. The number of unbranched alkanes of at least 4 members (excludes halogenated alkanes) is 1. The smallest absolute Gasteiger partial charge is 0.419 e. The highest BCUT2D eigenvalue weighted by Crippen LogP contribution is 2.32. The van der Waals surface area contributed by atoms with Gasteiger partial charge >= 0.3 is 11.3 Å². The Labute approximate surface area is 134 Å². The van der Waals surface area contributed by atoms with Crippen molar-refractivity contribution in [2.45, 2.75) is 26.3 Å². The van der Waals surface area contributed by atoms with Crippen LogP contribution in [0, 0.1) is 10.1 Å². The van der Waals surface area contributed by atoms with E-state index in [1.807, 2.05) is 6.92 Å². The van der Waals surface area contributed by atoms with Crippen molar-refractivity contribution >= 4 is 27.6 Å². The second-order valence-electron chi connectivity index (χ2n) is 5.38. The summed E-state index contributed by atoms with van der Waals surface area (Å²) in [4.78, 5) is 34.5. The Morgan fingerprint density at radius 1 is 1.29 bits per heavy atom. The number of rotatable bonds is 4. The van der Waals surface area contributed by atoms with Crippen LogP contribution in [0.3, 0.4) is 0 Å². The number of hydrogen-bond donors (Lipinski definition) is 1. The van der Waals surface area contributed by atoms with E-state index in [2.05, 4.69) is 0 Å². The van der Waals surface area contributed by atoms with E-state index in [4.69, 9.17) is 4.42 Å². The van der Waals surface area contributed by atoms with E-state index in [0.29, 0.717) is 17.4 Å². The van der Waals surface area contributed by atoms with Gasteiger partial charge in [-0.3, -0.25) is 14.9 Å². The first-order valence-corrected chi connectivity index (χ1v) is 7.43. The van der Waals surface area contributed by atoms with Gasteiger partial charge in [-0.05, 0) is 18.6 Å². The lowest BCUT2D eigenvalue weighted by molar-refractivity contribution is -0.388. The first-order chi connectivity index (χ1) is 11.5. The molecule has 3 rings (SSSR count). The largest absolute Gasteiger partial charge is 0.501 e. The Kier molecular flexibility index (Phi) is 3.80. The highest BCUT2D eigenvalue weighted by Gasteiger charge is 2.28. The number of pyridine rings is 1. The molecule has 0 saturated heterocycles. The number of nitro groups is 1. The van der Waals surface area contributed by atoms with Gasteiger partial charge in [0.05, 0.1) is 10.4 Å². The SMILES string of the molecule is CCCCn1c(=O)c2c(O)c([N+](=O)[O-])c(=O)oc2c2ccccc21. The summed E-state index contributed by atoms with van der Waals surface area (Å²) in [6, 6.07) is 6.76. The number of aromatic nitrogens is 1. The van der Waals surface area contributed by atoms with Crippen LogP contribution in [0.25, 0.3) is 21.9 Å². The normalized spacial score (nSPS) is 11.2. The molecule has 124 valence electrons. The molecule has 2 aromatic heterocycles. The van der Waals surface area contributed by atoms with Crippen LogP contribution in [0.2, 0.25) is 0 Å². The van der Waals surface area contributed by atoms with Crippen LogP contribution < -0.4 is 11.2 Å². The maximum Gasteiger partial charge on any atom is 0.419 e. The fourth-order valence-electron chi connectivity index (χ4n) is 2.75. The van der Waals surface area contributed by atoms with E-state index >= 15 is 0 Å². The third kappa shape index (κ3) is 2.23. The van der Waals surface area contributed by atoms with Crippen LogP contribution in [0.5, 0.6) is 5.75 Å². The Morgan fingerprint density at radius 2 is 2.00 bits per heavy atom. The quantitative estimate of drug-likeness (QED) is 0.446. The summed E-state index contributed by atoms with van der Waals surface area (Å²) in [6.07, 6.45) is 1.56. The molecule has 0 fully saturated rings. The maximum absolute atomic E-state index is 12.8. The van der Waals surface area contributed by atoms with Crippen LogP contribution in [0.15, 0.2) is 38.3 Å². The van der Waals surface area contributed by atoms with Gasteiger partial charge in [0.25, 0.3) is 5.56 Å². The molecular formula is C16H14N2O6. The molecule has 24 heavy (non-hydrogen) atoms. The monoisotopic (exact) mass is 330 g/mol. The number of aromatic hydroxyl groups is 1. The molecule has 0 unspecified atom stereocenters. The molecule has 0 spiro atoms. The summed E-state index contributed by atoms with van der Waals surface area (Å²) in [5.74, 6) is -0.952. The molecule has 8 nitrogen and oxygen atoms in total. The highest BCUT2D eigenvalue weighted by atomic mass is 16.6. The lowest BCUT2D eigenvalue weighted by Crippen LogP contribution is -2.22. The van der Waals surface area contributed by atoms with Crippen molar-refractivity contribution < 1.29 is 14.4 Å². The molecule has 0 saturated carbocycles. The molecule has 1 N–H and O–H groups in total. The molecule has 0 aliphatic carbocycles. The molecule has 0 atom stereocenters. The van der Waals surface area contributed by atoms with Gasteiger partial charge in [-0.1, -0.05) is 25.5 Å². The van der Waals surface area contributed by atoms with E-state index in [1.165, 1.54) is 4.57 Å². The molecule has 0 radical (unpaired) electrons. The van der Waals surface area contributed by atoms with E-state index < -0.39 is 27.5 Å². The van der Waals surface area contributed by atoms with Gasteiger partial charge in [0, 0.05) is 11.9 Å². The molecule has 2 heterocycles. The topological polar surface area (TPSA) is 116 Å². The van der Waals surface area contributed by atoms with Gasteiger partial charge in [-0.25, -0.2) is 4.79 Å². The predicted octanol–water partition coefficient (Wildman–Crippen LogP) is 2.52. The lowest BCUT2D eigenvalue weighted by Gasteiger charge is -2.12. The molecular weight excluding hydrogens is 316 g/mol. The number of nitrogens with zero attached hydrogens (tertiary/aromatic N) is 2. The van der Waals surface area contributed by atoms with E-state index in [9.17, 15) is 24.8 Å². The minimum absolute atomic E-state index is 0.142.